The number of nitrogens with zero attached hydrogens (tertiary/aromatic N) is 3. The summed E-state index contributed by atoms with van der Waals surface area (Å²) in [6.45, 7) is 2.11. The van der Waals surface area contributed by atoms with E-state index >= 15 is 0 Å². The van der Waals surface area contributed by atoms with Crippen molar-refractivity contribution in [1.82, 2.24) is 15.0 Å². The predicted octanol–water partition coefficient (Wildman–Crippen LogP) is 4.45. The molecule has 1 atom stereocenters. The molecule has 2 heterocycles. The van der Waals surface area contributed by atoms with E-state index in [-0.39, 0.29) is 6.04 Å². The Balaban J connectivity index is 1.72. The van der Waals surface area contributed by atoms with E-state index in [2.05, 4.69) is 39.3 Å². The van der Waals surface area contributed by atoms with Crippen molar-refractivity contribution in [2.45, 2.75) is 13.0 Å². The first-order valence-corrected chi connectivity index (χ1v) is 8.49. The van der Waals surface area contributed by atoms with Crippen molar-refractivity contribution in [2.75, 3.05) is 11.1 Å². The van der Waals surface area contributed by atoms with Crippen LogP contribution in [0.4, 0.5) is 11.5 Å². The Hall–Kier alpha value is -3.47. The van der Waals surface area contributed by atoms with E-state index < -0.39 is 0 Å². The molecule has 0 spiro atoms. The van der Waals surface area contributed by atoms with Gasteiger partial charge in [0, 0.05) is 22.8 Å². The molecule has 2 aromatic heterocycles. The van der Waals surface area contributed by atoms with Gasteiger partial charge in [-0.1, -0.05) is 30.3 Å². The maximum Gasteiger partial charge on any atom is 0.137 e. The van der Waals surface area contributed by atoms with Gasteiger partial charge in [-0.2, -0.15) is 0 Å². The largest absolute Gasteiger partial charge is 0.399 e. The second-order valence-electron chi connectivity index (χ2n) is 6.17. The Morgan fingerprint density at radius 1 is 0.923 bits per heavy atom. The number of benzene rings is 2. The molecule has 0 saturated carbocycles. The van der Waals surface area contributed by atoms with Crippen LogP contribution in [0.2, 0.25) is 0 Å². The van der Waals surface area contributed by atoms with Crippen molar-refractivity contribution < 1.29 is 0 Å². The highest BCUT2D eigenvalue weighted by atomic mass is 15.0. The van der Waals surface area contributed by atoms with E-state index in [0.717, 1.165) is 33.5 Å². The Bertz CT molecular complexity index is 1050. The summed E-state index contributed by atoms with van der Waals surface area (Å²) in [6.07, 6.45) is 3.38. The summed E-state index contributed by atoms with van der Waals surface area (Å²) in [5, 5.41) is 4.42. The van der Waals surface area contributed by atoms with Crippen LogP contribution in [-0.2, 0) is 0 Å². The third-order valence-corrected chi connectivity index (χ3v) is 4.38. The van der Waals surface area contributed by atoms with Crippen LogP contribution >= 0.6 is 0 Å². The molecule has 0 amide bonds. The number of aromatic nitrogens is 3. The smallest absolute Gasteiger partial charge is 0.137 e. The van der Waals surface area contributed by atoms with Crippen molar-refractivity contribution in [3.05, 3.63) is 78.8 Å². The minimum Gasteiger partial charge on any atom is -0.399 e. The van der Waals surface area contributed by atoms with Crippen LogP contribution in [0.3, 0.4) is 0 Å². The highest BCUT2D eigenvalue weighted by Gasteiger charge is 2.14. The van der Waals surface area contributed by atoms with Crippen molar-refractivity contribution in [3.63, 3.8) is 0 Å². The normalized spacial score (nSPS) is 12.0. The number of fused-ring (bicyclic) bond motifs is 1. The van der Waals surface area contributed by atoms with Crippen LogP contribution in [0.1, 0.15) is 18.5 Å². The van der Waals surface area contributed by atoms with Gasteiger partial charge < -0.3 is 11.1 Å². The summed E-state index contributed by atoms with van der Waals surface area (Å²) in [7, 11) is 0. The fourth-order valence-electron chi connectivity index (χ4n) is 3.10. The zero-order valence-corrected chi connectivity index (χ0v) is 14.4. The van der Waals surface area contributed by atoms with Gasteiger partial charge in [0.1, 0.15) is 12.1 Å². The van der Waals surface area contributed by atoms with Crippen LogP contribution in [0.25, 0.3) is 22.2 Å². The number of hydrogen-bond donors (Lipinski definition) is 2. The van der Waals surface area contributed by atoms with Crippen LogP contribution in [0.5, 0.6) is 0 Å². The van der Waals surface area contributed by atoms with Crippen molar-refractivity contribution >= 4 is 22.4 Å². The SMILES string of the molecule is CC(Nc1ncnc2ccc(N)cc12)c1ccccc1-c1ccccn1. The molecule has 26 heavy (non-hydrogen) atoms. The van der Waals surface area contributed by atoms with Gasteiger partial charge in [-0.15, -0.1) is 0 Å². The lowest BCUT2D eigenvalue weighted by molar-refractivity contribution is 0.877. The molecule has 1 unspecified atom stereocenters. The van der Waals surface area contributed by atoms with E-state index in [1.165, 1.54) is 0 Å². The zero-order chi connectivity index (χ0) is 17.9. The molecule has 4 aromatic rings. The van der Waals surface area contributed by atoms with Gasteiger partial charge in [0.25, 0.3) is 0 Å². The number of pyridine rings is 1. The van der Waals surface area contributed by atoms with Crippen molar-refractivity contribution in [2.24, 2.45) is 0 Å². The van der Waals surface area contributed by atoms with Gasteiger partial charge in [0.2, 0.25) is 0 Å². The highest BCUT2D eigenvalue weighted by molar-refractivity contribution is 5.91. The fraction of sp³-hybridized carbons (Fsp3) is 0.0952. The summed E-state index contributed by atoms with van der Waals surface area (Å²) in [5.74, 6) is 0.769. The van der Waals surface area contributed by atoms with Crippen molar-refractivity contribution in [3.8, 4) is 11.3 Å². The second kappa shape index (κ2) is 6.80. The molecular weight excluding hydrogens is 322 g/mol. The number of nitrogen functional groups attached to an aromatic ring is 1. The summed E-state index contributed by atoms with van der Waals surface area (Å²) < 4.78 is 0. The number of anilines is 2. The predicted molar refractivity (Wildman–Crippen MR) is 106 cm³/mol. The van der Waals surface area contributed by atoms with Crippen LogP contribution in [0.15, 0.2) is 73.2 Å². The number of nitrogens with two attached hydrogens (primary N) is 1. The average molecular weight is 341 g/mol. The molecule has 0 fully saturated rings. The zero-order valence-electron chi connectivity index (χ0n) is 14.4. The average Bonchev–Trinajstić information content (AvgIpc) is 2.69. The molecule has 5 heteroatoms. The molecule has 0 aliphatic carbocycles. The first-order valence-electron chi connectivity index (χ1n) is 8.49. The van der Waals surface area contributed by atoms with E-state index in [0.29, 0.717) is 5.69 Å². The summed E-state index contributed by atoms with van der Waals surface area (Å²) in [5.41, 5.74) is 10.7. The van der Waals surface area contributed by atoms with Gasteiger partial charge in [0.05, 0.1) is 17.3 Å². The molecule has 4 rings (SSSR count). The third-order valence-electron chi connectivity index (χ3n) is 4.38. The molecule has 0 aliphatic heterocycles. The Morgan fingerprint density at radius 2 is 1.77 bits per heavy atom. The maximum atomic E-state index is 5.94. The molecule has 0 radical (unpaired) electrons. The maximum absolute atomic E-state index is 5.94. The van der Waals surface area contributed by atoms with Crippen LogP contribution in [0, 0.1) is 0 Å². The lowest BCUT2D eigenvalue weighted by Crippen LogP contribution is -2.10. The lowest BCUT2D eigenvalue weighted by Gasteiger charge is -2.19. The molecule has 0 aliphatic rings. The monoisotopic (exact) mass is 341 g/mol. The standard InChI is InChI=1S/C21H19N5/c1-14(16-6-2-3-7-17(16)19-8-4-5-11-23-19)26-21-18-12-15(22)9-10-20(18)24-13-25-21/h2-14H,22H2,1H3,(H,24,25,26). The number of rotatable bonds is 4. The minimum atomic E-state index is 0.0349. The van der Waals surface area contributed by atoms with E-state index in [9.17, 15) is 0 Å². The second-order valence-corrected chi connectivity index (χ2v) is 6.17. The molecule has 0 saturated heterocycles. The quantitative estimate of drug-likeness (QED) is 0.536. The highest BCUT2D eigenvalue weighted by Crippen LogP contribution is 2.30. The first-order chi connectivity index (χ1) is 12.7. The minimum absolute atomic E-state index is 0.0349. The van der Waals surface area contributed by atoms with Crippen molar-refractivity contribution in [1.29, 1.82) is 0 Å². The van der Waals surface area contributed by atoms with Gasteiger partial charge in [-0.3, -0.25) is 4.98 Å². The fourth-order valence-corrected chi connectivity index (χ4v) is 3.10. The molecule has 5 nitrogen and oxygen atoms in total. The lowest BCUT2D eigenvalue weighted by atomic mass is 9.98. The molecule has 2 aromatic carbocycles. The summed E-state index contributed by atoms with van der Waals surface area (Å²) in [6, 6.07) is 19.9. The Morgan fingerprint density at radius 3 is 2.62 bits per heavy atom. The van der Waals surface area contributed by atoms with Gasteiger partial charge in [-0.05, 0) is 42.8 Å². The van der Waals surface area contributed by atoms with Gasteiger partial charge in [-0.25, -0.2) is 9.97 Å². The van der Waals surface area contributed by atoms with E-state index in [1.54, 1.807) is 6.33 Å². The Labute approximate surface area is 152 Å². The number of hydrogen-bond acceptors (Lipinski definition) is 5. The van der Waals surface area contributed by atoms with E-state index in [4.69, 9.17) is 5.73 Å². The molecule has 3 N–H and O–H groups in total. The third kappa shape index (κ3) is 3.07. The molecule has 128 valence electrons. The Kier molecular flexibility index (Phi) is 4.19. The summed E-state index contributed by atoms with van der Waals surface area (Å²) >= 11 is 0. The van der Waals surface area contributed by atoms with Gasteiger partial charge >= 0.3 is 0 Å². The first kappa shape index (κ1) is 16.0. The van der Waals surface area contributed by atoms with Crippen LogP contribution in [-0.4, -0.2) is 15.0 Å². The molecular formula is C21H19N5. The topological polar surface area (TPSA) is 76.7 Å². The number of nitrogens with one attached hydrogen (secondary N) is 1. The van der Waals surface area contributed by atoms with Gasteiger partial charge in [0.15, 0.2) is 0 Å². The summed E-state index contributed by atoms with van der Waals surface area (Å²) in [4.78, 5) is 13.2. The van der Waals surface area contributed by atoms with E-state index in [1.807, 2.05) is 54.7 Å². The van der Waals surface area contributed by atoms with Crippen LogP contribution < -0.4 is 11.1 Å². The molecule has 0 bridgehead atoms.